The largest absolute Gasteiger partial charge is 0.472 e. The van der Waals surface area contributed by atoms with Gasteiger partial charge in [-0.1, -0.05) is 68.4 Å². The molecule has 9 heteroatoms. The predicted octanol–water partition coefficient (Wildman–Crippen LogP) is 6.27. The maximum atomic E-state index is 11.8. The fraction of sp³-hybridized carbons (Fsp3) is 0.690. The van der Waals surface area contributed by atoms with Crippen molar-refractivity contribution in [2.24, 2.45) is 0 Å². The molecule has 0 amide bonds. The average molecular weight is 559 g/mol. The second kappa shape index (κ2) is 23.4. The molecule has 0 spiro atoms. The van der Waals surface area contributed by atoms with Crippen LogP contribution in [-0.4, -0.2) is 74.1 Å². The van der Waals surface area contributed by atoms with Crippen LogP contribution in [0.5, 0.6) is 0 Å². The number of carbonyl (C=O) groups excluding carboxylic acids is 1. The molecular weight excluding hydrogens is 505 g/mol. The molecule has 0 aromatic heterocycles. The van der Waals surface area contributed by atoms with E-state index in [9.17, 15) is 19.4 Å². The van der Waals surface area contributed by atoms with Gasteiger partial charge in [-0.25, -0.2) is 4.57 Å². The third-order valence-corrected chi connectivity index (χ3v) is 6.33. The van der Waals surface area contributed by atoms with Crippen LogP contribution in [0.1, 0.15) is 77.6 Å². The van der Waals surface area contributed by atoms with Crippen LogP contribution in [0, 0.1) is 0 Å². The first kappa shape index (κ1) is 36.5. The zero-order chi connectivity index (χ0) is 28.5. The molecule has 0 aliphatic carbocycles. The van der Waals surface area contributed by atoms with E-state index >= 15 is 0 Å². The molecule has 8 nitrogen and oxygen atoms in total. The molecule has 0 aromatic carbocycles. The minimum atomic E-state index is -4.26. The summed E-state index contributed by atoms with van der Waals surface area (Å²) in [7, 11) is 1.53. The van der Waals surface area contributed by atoms with Crippen molar-refractivity contribution in [2.45, 2.75) is 83.7 Å². The van der Waals surface area contributed by atoms with Crippen LogP contribution in [0.25, 0.3) is 0 Å². The maximum Gasteiger partial charge on any atom is 0.472 e. The first-order valence-corrected chi connectivity index (χ1v) is 15.4. The Morgan fingerprint density at radius 3 is 1.87 bits per heavy atom. The van der Waals surface area contributed by atoms with E-state index in [1.165, 1.54) is 25.7 Å². The number of allylic oxidation sites excluding steroid dienone is 8. The Morgan fingerprint density at radius 2 is 1.34 bits per heavy atom. The molecule has 0 aliphatic rings. The van der Waals surface area contributed by atoms with Gasteiger partial charge >= 0.3 is 13.8 Å². The standard InChI is InChI=1S/C29H52NO7P/c1-5-6-7-8-9-10-11-12-13-14-15-16-17-18-19-20-21-22-23-29(32)35-26-28(31)27-37-38(33,34)36-25-24-30(2,3)4/h9-10,12-13,15-16,18-19,28,31H,5-8,11,14,17,20-27H2,1-4H3/p+1/b10-9-,13-12-,16-15-,19-18-/t28-/m1/s1. The zero-order valence-electron chi connectivity index (χ0n) is 24.1. The van der Waals surface area contributed by atoms with Crippen LogP contribution in [0.3, 0.4) is 0 Å². The van der Waals surface area contributed by atoms with E-state index in [1.807, 2.05) is 21.1 Å². The van der Waals surface area contributed by atoms with Crippen LogP contribution in [0.4, 0.5) is 0 Å². The lowest BCUT2D eigenvalue weighted by Gasteiger charge is -2.24. The van der Waals surface area contributed by atoms with Crippen molar-refractivity contribution in [3.05, 3.63) is 48.6 Å². The van der Waals surface area contributed by atoms with Gasteiger partial charge in [-0.05, 0) is 51.4 Å². The summed E-state index contributed by atoms with van der Waals surface area (Å²) in [5, 5.41) is 9.83. The Labute approximate surface area is 231 Å². The molecule has 2 N–H and O–H groups in total. The van der Waals surface area contributed by atoms with Gasteiger partial charge in [0.05, 0.1) is 27.7 Å². The number of quaternary nitrogens is 1. The lowest BCUT2D eigenvalue weighted by Crippen LogP contribution is -2.37. The highest BCUT2D eigenvalue weighted by atomic mass is 31.2. The number of aliphatic hydroxyl groups is 1. The molecule has 0 aliphatic heterocycles. The van der Waals surface area contributed by atoms with Gasteiger partial charge in [0, 0.05) is 6.42 Å². The van der Waals surface area contributed by atoms with Gasteiger partial charge in [0.15, 0.2) is 0 Å². The summed E-state index contributed by atoms with van der Waals surface area (Å²) >= 11 is 0. The average Bonchev–Trinajstić information content (AvgIpc) is 2.84. The van der Waals surface area contributed by atoms with Crippen LogP contribution in [0.2, 0.25) is 0 Å². The molecule has 0 rings (SSSR count). The summed E-state index contributed by atoms with van der Waals surface area (Å²) in [6.45, 7) is 2.04. The lowest BCUT2D eigenvalue weighted by atomic mass is 10.2. The fourth-order valence-electron chi connectivity index (χ4n) is 3.05. The molecule has 38 heavy (non-hydrogen) atoms. The first-order valence-electron chi connectivity index (χ1n) is 13.9. The summed E-state index contributed by atoms with van der Waals surface area (Å²) in [6, 6.07) is 0. The van der Waals surface area contributed by atoms with E-state index in [2.05, 4.69) is 55.5 Å². The van der Waals surface area contributed by atoms with Gasteiger partial charge in [-0.2, -0.15) is 0 Å². The quantitative estimate of drug-likeness (QED) is 0.0473. The van der Waals surface area contributed by atoms with Crippen LogP contribution >= 0.6 is 7.82 Å². The van der Waals surface area contributed by atoms with E-state index in [1.54, 1.807) is 0 Å². The van der Waals surface area contributed by atoms with Crippen molar-refractivity contribution in [1.82, 2.24) is 0 Å². The number of phosphoric ester groups is 1. The van der Waals surface area contributed by atoms with Crippen molar-refractivity contribution in [3.8, 4) is 0 Å². The highest BCUT2D eigenvalue weighted by Crippen LogP contribution is 2.43. The van der Waals surface area contributed by atoms with E-state index in [4.69, 9.17) is 13.8 Å². The molecule has 220 valence electrons. The number of unbranched alkanes of at least 4 members (excludes halogenated alkanes) is 5. The van der Waals surface area contributed by atoms with Crippen molar-refractivity contribution < 1.29 is 37.6 Å². The fourth-order valence-corrected chi connectivity index (χ4v) is 3.80. The number of nitrogens with zero attached hydrogens (tertiary/aromatic N) is 1. The van der Waals surface area contributed by atoms with Crippen molar-refractivity contribution >= 4 is 13.8 Å². The van der Waals surface area contributed by atoms with Gasteiger partial charge in [0.25, 0.3) is 0 Å². The SMILES string of the molecule is CCCCC/C=C\C/C=C\C/C=C\C/C=C\CCCCC(=O)OC[C@@H](O)COP(=O)(O)OCC[N+](C)(C)C. The van der Waals surface area contributed by atoms with Gasteiger partial charge < -0.3 is 19.2 Å². The molecule has 0 aromatic rings. The second-order valence-electron chi connectivity index (χ2n) is 10.3. The third-order valence-electron chi connectivity index (χ3n) is 5.34. The topological polar surface area (TPSA) is 102 Å². The summed E-state index contributed by atoms with van der Waals surface area (Å²) in [4.78, 5) is 21.4. The Kier molecular flexibility index (Phi) is 22.4. The lowest BCUT2D eigenvalue weighted by molar-refractivity contribution is -0.870. The monoisotopic (exact) mass is 558 g/mol. The molecular formula is C29H53NO7P+. The van der Waals surface area contributed by atoms with Gasteiger partial charge in [0.1, 0.15) is 25.9 Å². The first-order chi connectivity index (χ1) is 18.1. The highest BCUT2D eigenvalue weighted by Gasteiger charge is 2.24. The van der Waals surface area contributed by atoms with Gasteiger partial charge in [-0.15, -0.1) is 0 Å². The highest BCUT2D eigenvalue weighted by molar-refractivity contribution is 7.47. The van der Waals surface area contributed by atoms with Crippen LogP contribution in [-0.2, 0) is 23.1 Å². The molecule has 0 heterocycles. The Bertz CT molecular complexity index is 757. The van der Waals surface area contributed by atoms with Crippen molar-refractivity contribution in [1.29, 1.82) is 0 Å². The molecule has 0 fully saturated rings. The molecule has 1 unspecified atom stereocenters. The van der Waals surface area contributed by atoms with E-state index in [0.717, 1.165) is 32.1 Å². The zero-order valence-corrected chi connectivity index (χ0v) is 25.0. The number of carbonyl (C=O) groups is 1. The Morgan fingerprint density at radius 1 is 0.816 bits per heavy atom. The van der Waals surface area contributed by atoms with Crippen LogP contribution < -0.4 is 0 Å². The minimum Gasteiger partial charge on any atom is -0.463 e. The molecule has 0 bridgehead atoms. The number of hydrogen-bond acceptors (Lipinski definition) is 6. The number of ether oxygens (including phenoxy) is 1. The smallest absolute Gasteiger partial charge is 0.463 e. The summed E-state index contributed by atoms with van der Waals surface area (Å²) in [6.07, 6.45) is 26.9. The minimum absolute atomic E-state index is 0.0451. The van der Waals surface area contributed by atoms with E-state index in [0.29, 0.717) is 17.4 Å². The number of rotatable bonds is 24. The molecule has 2 atom stereocenters. The van der Waals surface area contributed by atoms with Gasteiger partial charge in [-0.3, -0.25) is 13.8 Å². The number of hydrogen-bond donors (Lipinski definition) is 2. The van der Waals surface area contributed by atoms with E-state index in [-0.39, 0.29) is 19.6 Å². The predicted molar refractivity (Wildman–Crippen MR) is 155 cm³/mol. The number of likely N-dealkylation sites (N-methyl/N-ethyl adjacent to an activating group) is 1. The summed E-state index contributed by atoms with van der Waals surface area (Å²) in [5.41, 5.74) is 0. The van der Waals surface area contributed by atoms with Crippen molar-refractivity contribution in [2.75, 3.05) is 47.5 Å². The van der Waals surface area contributed by atoms with Crippen molar-refractivity contribution in [3.63, 3.8) is 0 Å². The number of aliphatic hydroxyl groups excluding tert-OH is 1. The molecule has 0 radical (unpaired) electrons. The second-order valence-corrected chi connectivity index (χ2v) is 11.7. The van der Waals surface area contributed by atoms with Crippen LogP contribution in [0.15, 0.2) is 48.6 Å². The summed E-state index contributed by atoms with van der Waals surface area (Å²) in [5.74, 6) is -0.414. The normalized spacial score (nSPS) is 15.2. The van der Waals surface area contributed by atoms with Gasteiger partial charge in [0.2, 0.25) is 0 Å². The maximum absolute atomic E-state index is 11.8. The number of esters is 1. The Balaban J connectivity index is 3.72. The molecule has 0 saturated heterocycles. The third kappa shape index (κ3) is 27.5. The van der Waals surface area contributed by atoms with E-state index < -0.39 is 26.5 Å². The molecule has 0 saturated carbocycles. The summed E-state index contributed by atoms with van der Waals surface area (Å²) < 4.78 is 27.0. The Hall–Kier alpha value is -1.54. The number of phosphoric acid groups is 1.